The molecule has 1 saturated carbocycles. The Balaban J connectivity index is 2.22. The molecule has 2 fully saturated rings. The highest BCUT2D eigenvalue weighted by molar-refractivity contribution is 6.07. The highest BCUT2D eigenvalue weighted by atomic mass is 16.7. The minimum atomic E-state index is -1.06. The first-order valence-corrected chi connectivity index (χ1v) is 8.13. The van der Waals surface area contributed by atoms with Crippen molar-refractivity contribution in [2.75, 3.05) is 6.61 Å². The first-order chi connectivity index (χ1) is 10.3. The molecule has 1 heterocycles. The second kappa shape index (κ2) is 6.59. The van der Waals surface area contributed by atoms with E-state index in [-0.39, 0.29) is 29.9 Å². The molecule has 1 atom stereocenters. The van der Waals surface area contributed by atoms with E-state index in [0.717, 1.165) is 12.8 Å². The fourth-order valence-corrected chi connectivity index (χ4v) is 3.46. The Morgan fingerprint density at radius 1 is 1.18 bits per heavy atom. The van der Waals surface area contributed by atoms with Crippen LogP contribution >= 0.6 is 0 Å². The van der Waals surface area contributed by atoms with Gasteiger partial charge in [-0.2, -0.15) is 0 Å². The van der Waals surface area contributed by atoms with Crippen molar-refractivity contribution in [3.05, 3.63) is 0 Å². The molecule has 0 aromatic carbocycles. The van der Waals surface area contributed by atoms with Crippen LogP contribution in [0.1, 0.15) is 65.7 Å². The monoisotopic (exact) mass is 310 g/mol. The Morgan fingerprint density at radius 2 is 1.77 bits per heavy atom. The molecule has 2 rings (SSSR count). The summed E-state index contributed by atoms with van der Waals surface area (Å²) >= 11 is 0. The van der Waals surface area contributed by atoms with Crippen LogP contribution in [0.25, 0.3) is 0 Å². The number of carbonyl (C=O) groups excluding carboxylic acids is 3. The summed E-state index contributed by atoms with van der Waals surface area (Å²) in [7, 11) is 0. The minimum absolute atomic E-state index is 0.00754. The number of ketones is 3. The fraction of sp³-hybridized carbons (Fsp3) is 0.824. The van der Waals surface area contributed by atoms with Crippen LogP contribution in [0.5, 0.6) is 0 Å². The van der Waals surface area contributed by atoms with Crippen LogP contribution in [-0.2, 0) is 23.9 Å². The van der Waals surface area contributed by atoms with Crippen LogP contribution in [0.4, 0.5) is 0 Å². The number of hydrogen-bond acceptors (Lipinski definition) is 5. The minimum Gasteiger partial charge on any atom is -0.348 e. The first kappa shape index (κ1) is 17.3. The second-order valence-corrected chi connectivity index (χ2v) is 6.99. The predicted molar refractivity (Wildman–Crippen MR) is 80.4 cm³/mol. The fourth-order valence-electron chi connectivity index (χ4n) is 3.46. The number of Topliss-reactive ketones (excluding diaryl/α,β-unsaturated/α-hetero) is 3. The van der Waals surface area contributed by atoms with E-state index < -0.39 is 11.2 Å². The van der Waals surface area contributed by atoms with E-state index in [0.29, 0.717) is 32.3 Å². The quantitative estimate of drug-likeness (QED) is 0.576. The molecule has 124 valence electrons. The van der Waals surface area contributed by atoms with Crippen molar-refractivity contribution in [3.8, 4) is 0 Å². The zero-order valence-electron chi connectivity index (χ0n) is 13.8. The van der Waals surface area contributed by atoms with Gasteiger partial charge in [0.15, 0.2) is 5.79 Å². The van der Waals surface area contributed by atoms with Gasteiger partial charge in [-0.15, -0.1) is 0 Å². The van der Waals surface area contributed by atoms with Crippen LogP contribution in [0, 0.1) is 5.41 Å². The highest BCUT2D eigenvalue weighted by Gasteiger charge is 2.48. The number of carbonyl (C=O) groups is 3. The second-order valence-electron chi connectivity index (χ2n) is 6.99. The van der Waals surface area contributed by atoms with Gasteiger partial charge in [0.25, 0.3) is 0 Å². The molecule has 1 aliphatic carbocycles. The third kappa shape index (κ3) is 3.82. The van der Waals surface area contributed by atoms with Gasteiger partial charge in [-0.1, -0.05) is 0 Å². The molecule has 0 bridgehead atoms. The van der Waals surface area contributed by atoms with Crippen molar-refractivity contribution in [3.63, 3.8) is 0 Å². The maximum Gasteiger partial charge on any atom is 0.163 e. The van der Waals surface area contributed by atoms with Crippen molar-refractivity contribution in [2.45, 2.75) is 77.6 Å². The van der Waals surface area contributed by atoms with Crippen molar-refractivity contribution < 1.29 is 23.9 Å². The lowest BCUT2D eigenvalue weighted by Gasteiger charge is -2.32. The summed E-state index contributed by atoms with van der Waals surface area (Å²) < 4.78 is 11.4. The molecule has 1 aliphatic heterocycles. The van der Waals surface area contributed by atoms with Crippen LogP contribution in [-0.4, -0.2) is 35.8 Å². The third-order valence-corrected chi connectivity index (χ3v) is 4.67. The summed E-state index contributed by atoms with van der Waals surface area (Å²) in [6.45, 7) is 5.53. The van der Waals surface area contributed by atoms with Gasteiger partial charge in [0.2, 0.25) is 0 Å². The molecule has 2 aliphatic rings. The van der Waals surface area contributed by atoms with Gasteiger partial charge in [-0.25, -0.2) is 0 Å². The van der Waals surface area contributed by atoms with Gasteiger partial charge >= 0.3 is 0 Å². The van der Waals surface area contributed by atoms with E-state index in [4.69, 9.17) is 9.47 Å². The van der Waals surface area contributed by atoms with Crippen molar-refractivity contribution in [1.82, 2.24) is 0 Å². The molecule has 22 heavy (non-hydrogen) atoms. The number of hydrogen-bond donors (Lipinski definition) is 0. The van der Waals surface area contributed by atoms with Crippen molar-refractivity contribution in [1.29, 1.82) is 0 Å². The van der Waals surface area contributed by atoms with Crippen LogP contribution in [0.3, 0.4) is 0 Å². The lowest BCUT2D eigenvalue weighted by atomic mass is 9.70. The lowest BCUT2D eigenvalue weighted by molar-refractivity contribution is -0.153. The van der Waals surface area contributed by atoms with E-state index in [1.165, 1.54) is 6.92 Å². The molecule has 0 spiro atoms. The summed E-state index contributed by atoms with van der Waals surface area (Å²) in [5, 5.41) is 0. The molecule has 0 unspecified atom stereocenters. The molecule has 0 aromatic rings. The Bertz CT molecular complexity index is 448. The number of rotatable bonds is 5. The van der Waals surface area contributed by atoms with Crippen LogP contribution in [0.15, 0.2) is 0 Å². The highest BCUT2D eigenvalue weighted by Crippen LogP contribution is 2.40. The lowest BCUT2D eigenvalue weighted by Crippen LogP contribution is -2.42. The smallest absolute Gasteiger partial charge is 0.163 e. The largest absolute Gasteiger partial charge is 0.348 e. The summed E-state index contributed by atoms with van der Waals surface area (Å²) in [5.41, 5.74) is -1.06. The average Bonchev–Trinajstić information content (AvgIpc) is 2.70. The van der Waals surface area contributed by atoms with Gasteiger partial charge in [-0.3, -0.25) is 9.59 Å². The Kier molecular flexibility index (Phi) is 5.17. The summed E-state index contributed by atoms with van der Waals surface area (Å²) in [5.74, 6) is -0.717. The summed E-state index contributed by atoms with van der Waals surface area (Å²) in [4.78, 5) is 36.7. The standard InChI is InChI=1S/C17H26O5/c1-12(18)8-9-17(10-13-11-21-16(2,3)22-13)14(19)6-4-5-7-15(17)20/h13H,4-11H2,1-3H3/t13-/m1/s1. The summed E-state index contributed by atoms with van der Waals surface area (Å²) in [6.07, 6.45) is 2.96. The normalized spacial score (nSPS) is 27.7. The van der Waals surface area contributed by atoms with E-state index >= 15 is 0 Å². The zero-order chi connectivity index (χ0) is 16.4. The average molecular weight is 310 g/mol. The molecule has 5 heteroatoms. The van der Waals surface area contributed by atoms with Crippen molar-refractivity contribution >= 4 is 17.3 Å². The van der Waals surface area contributed by atoms with E-state index in [1.807, 2.05) is 13.8 Å². The molecule has 0 N–H and O–H groups in total. The van der Waals surface area contributed by atoms with Crippen molar-refractivity contribution in [2.24, 2.45) is 5.41 Å². The first-order valence-electron chi connectivity index (χ1n) is 8.13. The van der Waals surface area contributed by atoms with Gasteiger partial charge in [-0.05, 0) is 46.5 Å². The van der Waals surface area contributed by atoms with Crippen LogP contribution in [0.2, 0.25) is 0 Å². The van der Waals surface area contributed by atoms with Gasteiger partial charge in [0.05, 0.1) is 18.1 Å². The topological polar surface area (TPSA) is 69.7 Å². The third-order valence-electron chi connectivity index (χ3n) is 4.67. The molecule has 0 amide bonds. The van der Waals surface area contributed by atoms with E-state index in [2.05, 4.69) is 0 Å². The molecular weight excluding hydrogens is 284 g/mol. The Labute approximate surface area is 131 Å². The molecule has 0 radical (unpaired) electrons. The maximum atomic E-state index is 12.7. The zero-order valence-corrected chi connectivity index (χ0v) is 13.8. The maximum absolute atomic E-state index is 12.7. The molecule has 5 nitrogen and oxygen atoms in total. The van der Waals surface area contributed by atoms with Gasteiger partial charge in [0.1, 0.15) is 17.3 Å². The number of ether oxygens (including phenoxy) is 2. The SMILES string of the molecule is CC(=O)CCC1(C[C@@H]2COC(C)(C)O2)C(=O)CCCCC1=O. The Morgan fingerprint density at radius 3 is 2.23 bits per heavy atom. The van der Waals surface area contributed by atoms with Gasteiger partial charge < -0.3 is 14.3 Å². The molecule has 1 saturated heterocycles. The molecule has 0 aromatic heterocycles. The van der Waals surface area contributed by atoms with E-state index in [9.17, 15) is 14.4 Å². The van der Waals surface area contributed by atoms with E-state index in [1.54, 1.807) is 0 Å². The Hall–Kier alpha value is -1.07. The summed E-state index contributed by atoms with van der Waals surface area (Å²) in [6, 6.07) is 0. The molecular formula is C17H26O5. The van der Waals surface area contributed by atoms with Gasteiger partial charge in [0, 0.05) is 19.3 Å². The predicted octanol–water partition coefficient (Wildman–Crippen LogP) is 2.60. The van der Waals surface area contributed by atoms with Crippen LogP contribution < -0.4 is 0 Å².